The molecular weight excluding hydrogens is 146 g/mol. The number of ether oxygens (including phenoxy) is 1. The van der Waals surface area contributed by atoms with Crippen molar-refractivity contribution in [2.24, 2.45) is 5.92 Å². The van der Waals surface area contributed by atoms with Gasteiger partial charge in [0.2, 0.25) is 0 Å². The SMILES string of the molecule is COC(=O)[C@@H](CC(C)C)NO. The van der Waals surface area contributed by atoms with Gasteiger partial charge in [0.05, 0.1) is 7.11 Å². The summed E-state index contributed by atoms with van der Waals surface area (Å²) in [6.07, 6.45) is 0.573. The van der Waals surface area contributed by atoms with Crippen LogP contribution in [0.3, 0.4) is 0 Å². The summed E-state index contributed by atoms with van der Waals surface area (Å²) in [6, 6.07) is -0.597. The molecule has 66 valence electrons. The van der Waals surface area contributed by atoms with Gasteiger partial charge in [0.1, 0.15) is 6.04 Å². The second kappa shape index (κ2) is 5.09. The third kappa shape index (κ3) is 3.95. The first-order valence-corrected chi connectivity index (χ1v) is 3.59. The zero-order valence-corrected chi connectivity index (χ0v) is 7.13. The molecule has 0 aliphatic rings. The van der Waals surface area contributed by atoms with Crippen LogP contribution in [0.1, 0.15) is 20.3 Å². The lowest BCUT2D eigenvalue weighted by molar-refractivity contribution is -0.146. The molecular formula is C7H15NO3. The first kappa shape index (κ1) is 10.4. The van der Waals surface area contributed by atoms with Gasteiger partial charge in [-0.15, -0.1) is 0 Å². The average Bonchev–Trinajstić information content (AvgIpc) is 1.98. The molecule has 0 amide bonds. The highest BCUT2D eigenvalue weighted by Crippen LogP contribution is 2.04. The molecule has 0 bridgehead atoms. The number of carbonyl (C=O) groups excluding carboxylic acids is 1. The predicted molar refractivity (Wildman–Crippen MR) is 40.2 cm³/mol. The van der Waals surface area contributed by atoms with Gasteiger partial charge in [-0.1, -0.05) is 13.8 Å². The van der Waals surface area contributed by atoms with Crippen LogP contribution in [0.2, 0.25) is 0 Å². The van der Waals surface area contributed by atoms with Crippen LogP contribution in [-0.4, -0.2) is 24.3 Å². The molecule has 11 heavy (non-hydrogen) atoms. The van der Waals surface area contributed by atoms with Gasteiger partial charge in [-0.05, 0) is 12.3 Å². The average molecular weight is 161 g/mol. The van der Waals surface area contributed by atoms with E-state index in [1.807, 2.05) is 19.3 Å². The Kier molecular flexibility index (Phi) is 4.81. The highest BCUT2D eigenvalue weighted by Gasteiger charge is 2.18. The van der Waals surface area contributed by atoms with Gasteiger partial charge in [-0.25, -0.2) is 0 Å². The second-order valence-electron chi connectivity index (χ2n) is 2.83. The number of hydrogen-bond donors (Lipinski definition) is 2. The maximum absolute atomic E-state index is 10.8. The fourth-order valence-electron chi connectivity index (χ4n) is 0.815. The van der Waals surface area contributed by atoms with Crippen molar-refractivity contribution in [2.45, 2.75) is 26.3 Å². The van der Waals surface area contributed by atoms with Gasteiger partial charge in [-0.3, -0.25) is 4.79 Å². The molecule has 4 nitrogen and oxygen atoms in total. The van der Waals surface area contributed by atoms with Crippen LogP contribution in [0.25, 0.3) is 0 Å². The van der Waals surface area contributed by atoms with E-state index in [0.717, 1.165) is 0 Å². The van der Waals surface area contributed by atoms with Gasteiger partial charge in [0, 0.05) is 0 Å². The molecule has 0 fully saturated rings. The molecule has 0 aliphatic heterocycles. The summed E-state index contributed by atoms with van der Waals surface area (Å²) >= 11 is 0. The van der Waals surface area contributed by atoms with E-state index in [9.17, 15) is 4.79 Å². The van der Waals surface area contributed by atoms with Gasteiger partial charge in [-0.2, -0.15) is 5.48 Å². The van der Waals surface area contributed by atoms with Gasteiger partial charge < -0.3 is 9.94 Å². The number of nitrogens with one attached hydrogen (secondary N) is 1. The van der Waals surface area contributed by atoms with Crippen LogP contribution in [0.15, 0.2) is 0 Å². The number of hydrogen-bond acceptors (Lipinski definition) is 4. The molecule has 0 aromatic heterocycles. The van der Waals surface area contributed by atoms with Gasteiger partial charge >= 0.3 is 5.97 Å². The normalized spacial score (nSPS) is 13.2. The van der Waals surface area contributed by atoms with Crippen molar-refractivity contribution in [1.82, 2.24) is 5.48 Å². The molecule has 0 saturated heterocycles. The van der Waals surface area contributed by atoms with Crippen molar-refractivity contribution >= 4 is 5.97 Å². The Bertz CT molecular complexity index is 125. The summed E-state index contributed by atoms with van der Waals surface area (Å²) in [5.41, 5.74) is 1.91. The van der Waals surface area contributed by atoms with E-state index in [4.69, 9.17) is 5.21 Å². The zero-order valence-electron chi connectivity index (χ0n) is 7.13. The lowest BCUT2D eigenvalue weighted by Crippen LogP contribution is -2.36. The van der Waals surface area contributed by atoms with Crippen LogP contribution < -0.4 is 5.48 Å². The monoisotopic (exact) mass is 161 g/mol. The molecule has 2 N–H and O–H groups in total. The molecule has 0 aromatic carbocycles. The number of rotatable bonds is 4. The van der Waals surface area contributed by atoms with Crippen molar-refractivity contribution in [1.29, 1.82) is 0 Å². The summed E-state index contributed by atoms with van der Waals surface area (Å²) in [5, 5.41) is 8.53. The topological polar surface area (TPSA) is 58.6 Å². The molecule has 0 spiro atoms. The first-order valence-electron chi connectivity index (χ1n) is 3.59. The molecule has 1 atom stereocenters. The highest BCUT2D eigenvalue weighted by molar-refractivity contribution is 5.75. The lowest BCUT2D eigenvalue weighted by Gasteiger charge is -2.13. The van der Waals surface area contributed by atoms with Crippen LogP contribution in [0.4, 0.5) is 0 Å². The predicted octanol–water partition coefficient (Wildman–Crippen LogP) is 0.553. The number of methoxy groups -OCH3 is 1. The summed E-state index contributed by atoms with van der Waals surface area (Å²) < 4.78 is 4.44. The molecule has 0 saturated carbocycles. The maximum Gasteiger partial charge on any atom is 0.325 e. The second-order valence-corrected chi connectivity index (χ2v) is 2.83. The highest BCUT2D eigenvalue weighted by atomic mass is 16.5. The summed E-state index contributed by atoms with van der Waals surface area (Å²) in [6.45, 7) is 3.93. The van der Waals surface area contributed by atoms with E-state index in [1.54, 1.807) is 0 Å². The van der Waals surface area contributed by atoms with E-state index in [1.165, 1.54) is 7.11 Å². The molecule has 0 rings (SSSR count). The Labute approximate surface area is 66.5 Å². The van der Waals surface area contributed by atoms with E-state index in [2.05, 4.69) is 4.74 Å². The van der Waals surface area contributed by atoms with Crippen LogP contribution >= 0.6 is 0 Å². The van der Waals surface area contributed by atoms with Crippen molar-refractivity contribution in [3.63, 3.8) is 0 Å². The maximum atomic E-state index is 10.8. The number of esters is 1. The van der Waals surface area contributed by atoms with E-state index < -0.39 is 12.0 Å². The minimum Gasteiger partial charge on any atom is -0.468 e. The molecule has 0 aromatic rings. The third-order valence-electron chi connectivity index (χ3n) is 1.35. The Hall–Kier alpha value is -0.610. The molecule has 4 heteroatoms. The first-order chi connectivity index (χ1) is 5.11. The van der Waals surface area contributed by atoms with E-state index in [0.29, 0.717) is 12.3 Å². The zero-order chi connectivity index (χ0) is 8.85. The smallest absolute Gasteiger partial charge is 0.325 e. The van der Waals surface area contributed by atoms with Crippen LogP contribution in [0, 0.1) is 5.92 Å². The molecule has 0 radical (unpaired) electrons. The summed E-state index contributed by atoms with van der Waals surface area (Å²) in [5.74, 6) is -0.0834. The van der Waals surface area contributed by atoms with E-state index in [-0.39, 0.29) is 0 Å². The largest absolute Gasteiger partial charge is 0.468 e. The van der Waals surface area contributed by atoms with Crippen molar-refractivity contribution in [3.05, 3.63) is 0 Å². The number of carbonyl (C=O) groups is 1. The van der Waals surface area contributed by atoms with Crippen LogP contribution in [0.5, 0.6) is 0 Å². The fourth-order valence-corrected chi connectivity index (χ4v) is 0.815. The Balaban J connectivity index is 3.84. The quantitative estimate of drug-likeness (QED) is 0.467. The van der Waals surface area contributed by atoms with Crippen molar-refractivity contribution in [2.75, 3.05) is 7.11 Å². The Morgan fingerprint density at radius 3 is 2.45 bits per heavy atom. The molecule has 0 aliphatic carbocycles. The van der Waals surface area contributed by atoms with Gasteiger partial charge in [0.15, 0.2) is 0 Å². The van der Waals surface area contributed by atoms with Crippen LogP contribution in [-0.2, 0) is 9.53 Å². The van der Waals surface area contributed by atoms with Crippen molar-refractivity contribution in [3.8, 4) is 0 Å². The number of hydroxylamine groups is 1. The molecule has 0 unspecified atom stereocenters. The summed E-state index contributed by atoms with van der Waals surface area (Å²) in [4.78, 5) is 10.8. The fraction of sp³-hybridized carbons (Fsp3) is 0.857. The minimum atomic E-state index is -0.597. The molecule has 0 heterocycles. The Morgan fingerprint density at radius 2 is 2.18 bits per heavy atom. The standard InChI is InChI=1S/C7H15NO3/c1-5(2)4-6(8-10)7(9)11-3/h5-6,8,10H,4H2,1-3H3/t6-/m1/s1. The minimum absolute atomic E-state index is 0.346. The summed E-state index contributed by atoms with van der Waals surface area (Å²) in [7, 11) is 1.30. The van der Waals surface area contributed by atoms with Crippen molar-refractivity contribution < 1.29 is 14.7 Å². The third-order valence-corrected chi connectivity index (χ3v) is 1.35. The van der Waals surface area contributed by atoms with E-state index >= 15 is 0 Å². The Morgan fingerprint density at radius 1 is 1.64 bits per heavy atom. The van der Waals surface area contributed by atoms with Gasteiger partial charge in [0.25, 0.3) is 0 Å². The lowest BCUT2D eigenvalue weighted by atomic mass is 10.0.